The molecular weight excluding hydrogens is 292 g/mol. The molecule has 8 heteroatoms. The maximum Gasteiger partial charge on any atom is 0.245 e. The Hall–Kier alpha value is -1.12. The molecule has 1 heterocycles. The van der Waals surface area contributed by atoms with Gasteiger partial charge in [-0.2, -0.15) is 5.10 Å². The summed E-state index contributed by atoms with van der Waals surface area (Å²) in [7, 11) is -3.61. The molecule has 1 aromatic heterocycles. The molecular formula is C13H26N4O3S. The predicted octanol–water partition coefficient (Wildman–Crippen LogP) is 1.22. The standard InChI is InChI=1S/C13H26N4O3S/c1-4-7-17-9-12(13(14)16-17)21(18,19)15-6-5-8-20-10-11(2)3/h9,11,15H,4-8,10H2,1-3H3,(H2,14,16). The van der Waals surface area contributed by atoms with E-state index in [1.165, 1.54) is 6.20 Å². The van der Waals surface area contributed by atoms with Crippen LogP contribution in [0.25, 0.3) is 0 Å². The number of rotatable bonds is 10. The second-order valence-electron chi connectivity index (χ2n) is 5.36. The molecule has 0 aromatic carbocycles. The number of aromatic nitrogens is 2. The summed E-state index contributed by atoms with van der Waals surface area (Å²) in [5.74, 6) is 0.512. The highest BCUT2D eigenvalue weighted by atomic mass is 32.2. The number of anilines is 1. The molecule has 122 valence electrons. The van der Waals surface area contributed by atoms with Gasteiger partial charge >= 0.3 is 0 Å². The maximum atomic E-state index is 12.1. The molecule has 0 aliphatic rings. The van der Waals surface area contributed by atoms with Crippen molar-refractivity contribution >= 4 is 15.8 Å². The van der Waals surface area contributed by atoms with Crippen LogP contribution in [0.15, 0.2) is 11.1 Å². The van der Waals surface area contributed by atoms with Gasteiger partial charge in [0.25, 0.3) is 0 Å². The summed E-state index contributed by atoms with van der Waals surface area (Å²) in [6.45, 7) is 8.30. The average Bonchev–Trinajstić information content (AvgIpc) is 2.75. The first-order valence-corrected chi connectivity index (χ1v) is 8.75. The maximum absolute atomic E-state index is 12.1. The van der Waals surface area contributed by atoms with E-state index >= 15 is 0 Å². The van der Waals surface area contributed by atoms with E-state index in [4.69, 9.17) is 10.5 Å². The molecule has 0 saturated carbocycles. The third-order valence-electron chi connectivity index (χ3n) is 2.71. The number of nitrogen functional groups attached to an aromatic ring is 1. The summed E-state index contributed by atoms with van der Waals surface area (Å²) >= 11 is 0. The van der Waals surface area contributed by atoms with Crippen LogP contribution in [-0.4, -0.2) is 38.0 Å². The van der Waals surface area contributed by atoms with Crippen LogP contribution in [0.4, 0.5) is 5.82 Å². The van der Waals surface area contributed by atoms with Crippen molar-refractivity contribution in [1.29, 1.82) is 0 Å². The van der Waals surface area contributed by atoms with Gasteiger partial charge in [0.2, 0.25) is 10.0 Å². The Kier molecular flexibility index (Phi) is 7.13. The highest BCUT2D eigenvalue weighted by Crippen LogP contribution is 2.16. The molecule has 7 nitrogen and oxygen atoms in total. The molecule has 0 amide bonds. The van der Waals surface area contributed by atoms with Gasteiger partial charge in [0.1, 0.15) is 4.90 Å². The van der Waals surface area contributed by atoms with Crippen molar-refractivity contribution in [3.05, 3.63) is 6.20 Å². The van der Waals surface area contributed by atoms with Crippen LogP contribution in [-0.2, 0) is 21.3 Å². The van der Waals surface area contributed by atoms with Gasteiger partial charge in [0.05, 0.1) is 0 Å². The van der Waals surface area contributed by atoms with Crippen LogP contribution < -0.4 is 10.5 Å². The van der Waals surface area contributed by atoms with Crippen LogP contribution >= 0.6 is 0 Å². The van der Waals surface area contributed by atoms with E-state index in [1.807, 2.05) is 6.92 Å². The van der Waals surface area contributed by atoms with Crippen LogP contribution in [0.3, 0.4) is 0 Å². The molecule has 0 saturated heterocycles. The lowest BCUT2D eigenvalue weighted by molar-refractivity contribution is 0.108. The largest absolute Gasteiger partial charge is 0.381 e. The van der Waals surface area contributed by atoms with Gasteiger partial charge in [-0.05, 0) is 18.8 Å². The fourth-order valence-corrected chi connectivity index (χ4v) is 2.89. The second kappa shape index (κ2) is 8.35. The van der Waals surface area contributed by atoms with Crippen molar-refractivity contribution in [3.63, 3.8) is 0 Å². The number of nitrogens with two attached hydrogens (primary N) is 1. The second-order valence-corrected chi connectivity index (χ2v) is 7.10. The van der Waals surface area contributed by atoms with Gasteiger partial charge in [-0.25, -0.2) is 13.1 Å². The molecule has 0 aliphatic carbocycles. The van der Waals surface area contributed by atoms with Crippen molar-refractivity contribution in [2.45, 2.75) is 45.1 Å². The Bertz CT molecular complexity index is 526. The fraction of sp³-hybridized carbons (Fsp3) is 0.769. The molecule has 1 aromatic rings. The number of hydrogen-bond acceptors (Lipinski definition) is 5. The Morgan fingerprint density at radius 3 is 2.81 bits per heavy atom. The van der Waals surface area contributed by atoms with Gasteiger partial charge in [-0.15, -0.1) is 0 Å². The molecule has 0 fully saturated rings. The molecule has 0 unspecified atom stereocenters. The Balaban J connectivity index is 2.46. The zero-order valence-electron chi connectivity index (χ0n) is 13.0. The Labute approximate surface area is 126 Å². The molecule has 1 rings (SSSR count). The highest BCUT2D eigenvalue weighted by Gasteiger charge is 2.20. The summed E-state index contributed by atoms with van der Waals surface area (Å²) in [4.78, 5) is 0.0408. The van der Waals surface area contributed by atoms with Crippen molar-refractivity contribution in [1.82, 2.24) is 14.5 Å². The van der Waals surface area contributed by atoms with Gasteiger partial charge in [-0.1, -0.05) is 20.8 Å². The van der Waals surface area contributed by atoms with Crippen molar-refractivity contribution in [3.8, 4) is 0 Å². The summed E-state index contributed by atoms with van der Waals surface area (Å²) in [6.07, 6.45) is 2.95. The SMILES string of the molecule is CCCn1cc(S(=O)(=O)NCCCOCC(C)C)c(N)n1. The quantitative estimate of drug-likeness (QED) is 0.632. The normalized spacial score (nSPS) is 12.2. The molecule has 0 atom stereocenters. The predicted molar refractivity (Wildman–Crippen MR) is 82.4 cm³/mol. The summed E-state index contributed by atoms with van der Waals surface area (Å²) < 4.78 is 33.7. The summed E-state index contributed by atoms with van der Waals surface area (Å²) in [6, 6.07) is 0. The third-order valence-corrected chi connectivity index (χ3v) is 4.18. The van der Waals surface area contributed by atoms with Gasteiger partial charge in [0, 0.05) is 32.5 Å². The van der Waals surface area contributed by atoms with E-state index in [1.54, 1.807) is 4.68 Å². The molecule has 3 N–H and O–H groups in total. The zero-order chi connectivity index (χ0) is 15.9. The van der Waals surface area contributed by atoms with Crippen LogP contribution in [0, 0.1) is 5.92 Å². The van der Waals surface area contributed by atoms with E-state index in [2.05, 4.69) is 23.7 Å². The van der Waals surface area contributed by atoms with Crippen molar-refractivity contribution in [2.75, 3.05) is 25.5 Å². The number of hydrogen-bond donors (Lipinski definition) is 2. The zero-order valence-corrected chi connectivity index (χ0v) is 13.8. The number of nitrogens with one attached hydrogen (secondary N) is 1. The molecule has 0 aliphatic heterocycles. The average molecular weight is 318 g/mol. The first-order valence-electron chi connectivity index (χ1n) is 7.27. The third kappa shape index (κ3) is 6.03. The summed E-state index contributed by atoms with van der Waals surface area (Å²) in [5.41, 5.74) is 5.67. The van der Waals surface area contributed by atoms with E-state index in [-0.39, 0.29) is 10.7 Å². The van der Waals surface area contributed by atoms with Gasteiger partial charge < -0.3 is 10.5 Å². The highest BCUT2D eigenvalue weighted by molar-refractivity contribution is 7.89. The van der Waals surface area contributed by atoms with Crippen LogP contribution in [0.1, 0.15) is 33.6 Å². The van der Waals surface area contributed by atoms with E-state index in [0.717, 1.165) is 6.42 Å². The van der Waals surface area contributed by atoms with E-state index < -0.39 is 10.0 Å². The lowest BCUT2D eigenvalue weighted by Gasteiger charge is -2.07. The lowest BCUT2D eigenvalue weighted by atomic mass is 10.2. The monoisotopic (exact) mass is 318 g/mol. The fourth-order valence-electron chi connectivity index (χ4n) is 1.75. The van der Waals surface area contributed by atoms with Crippen molar-refractivity contribution in [2.24, 2.45) is 5.92 Å². The van der Waals surface area contributed by atoms with E-state index in [0.29, 0.717) is 38.6 Å². The van der Waals surface area contributed by atoms with Gasteiger partial charge in [0.15, 0.2) is 5.82 Å². The first kappa shape index (κ1) is 17.9. The van der Waals surface area contributed by atoms with Gasteiger partial charge in [-0.3, -0.25) is 4.68 Å². The van der Waals surface area contributed by atoms with Crippen LogP contribution in [0.2, 0.25) is 0 Å². The minimum absolute atomic E-state index is 0.0343. The molecule has 21 heavy (non-hydrogen) atoms. The van der Waals surface area contributed by atoms with Crippen molar-refractivity contribution < 1.29 is 13.2 Å². The molecule has 0 bridgehead atoms. The minimum Gasteiger partial charge on any atom is -0.381 e. The smallest absolute Gasteiger partial charge is 0.245 e. The Morgan fingerprint density at radius 2 is 2.19 bits per heavy atom. The number of nitrogens with zero attached hydrogens (tertiary/aromatic N) is 2. The Morgan fingerprint density at radius 1 is 1.48 bits per heavy atom. The minimum atomic E-state index is -3.61. The molecule has 0 spiro atoms. The van der Waals surface area contributed by atoms with E-state index in [9.17, 15) is 8.42 Å². The first-order chi connectivity index (χ1) is 9.86. The molecule has 0 radical (unpaired) electrons. The number of ether oxygens (including phenoxy) is 1. The van der Waals surface area contributed by atoms with Crippen LogP contribution in [0.5, 0.6) is 0 Å². The summed E-state index contributed by atoms with van der Waals surface area (Å²) in [5, 5.41) is 3.99. The lowest BCUT2D eigenvalue weighted by Crippen LogP contribution is -2.26. The number of aryl methyl sites for hydroxylation is 1. The topological polar surface area (TPSA) is 99.2 Å². The number of sulfonamides is 1.